The number of rotatable bonds is 1. The van der Waals surface area contributed by atoms with Crippen LogP contribution in [0.1, 0.15) is 1.37 Å². The fourth-order valence-corrected chi connectivity index (χ4v) is 0.993. The van der Waals surface area contributed by atoms with Crippen LogP contribution >= 0.6 is 0 Å². The molecule has 6 heteroatoms. The average molecular weight is 181 g/mol. The summed E-state index contributed by atoms with van der Waals surface area (Å²) in [6.07, 6.45) is -9.14. The SMILES string of the molecule is [2H][C@]1(O)O[C@H](CO)[C@H](O)[C@H](O)[C@H]1O. The largest absolute Gasteiger partial charge is 0.394 e. The molecule has 1 fully saturated rings. The average Bonchev–Trinajstić information content (AvgIpc) is 2.08. The van der Waals surface area contributed by atoms with E-state index >= 15 is 0 Å². The Labute approximate surface area is 70.0 Å². The van der Waals surface area contributed by atoms with E-state index in [1.54, 1.807) is 0 Å². The summed E-state index contributed by atoms with van der Waals surface area (Å²) in [6, 6.07) is 0. The van der Waals surface area contributed by atoms with Gasteiger partial charge in [0.15, 0.2) is 6.27 Å². The molecule has 0 aromatic carbocycles. The van der Waals surface area contributed by atoms with Crippen LogP contribution in [0.3, 0.4) is 0 Å². The molecule has 1 saturated heterocycles. The molecule has 0 aromatic rings. The maximum Gasteiger partial charge on any atom is 0.184 e. The van der Waals surface area contributed by atoms with E-state index in [0.29, 0.717) is 0 Å². The summed E-state index contributed by atoms with van der Waals surface area (Å²) >= 11 is 0. The van der Waals surface area contributed by atoms with E-state index in [4.69, 9.17) is 26.9 Å². The van der Waals surface area contributed by atoms with Crippen LogP contribution in [0.2, 0.25) is 0 Å². The van der Waals surface area contributed by atoms with E-state index in [0.717, 1.165) is 0 Å². The first kappa shape index (κ1) is 8.36. The first-order valence-corrected chi connectivity index (χ1v) is 3.45. The highest BCUT2D eigenvalue weighted by molar-refractivity contribution is 4.87. The molecule has 0 saturated carbocycles. The number of aliphatic hydroxyl groups is 5. The second-order valence-corrected chi connectivity index (χ2v) is 2.60. The molecule has 5 atom stereocenters. The Morgan fingerprint density at radius 1 is 1.08 bits per heavy atom. The smallest absolute Gasteiger partial charge is 0.184 e. The van der Waals surface area contributed by atoms with Crippen molar-refractivity contribution in [3.05, 3.63) is 0 Å². The molecule has 72 valence electrons. The molecule has 6 nitrogen and oxygen atoms in total. The first-order valence-electron chi connectivity index (χ1n) is 3.95. The van der Waals surface area contributed by atoms with Crippen molar-refractivity contribution in [2.75, 3.05) is 6.61 Å². The van der Waals surface area contributed by atoms with Crippen LogP contribution in [0, 0.1) is 0 Å². The molecule has 0 bridgehead atoms. The van der Waals surface area contributed by atoms with Crippen molar-refractivity contribution in [2.45, 2.75) is 30.7 Å². The highest BCUT2D eigenvalue weighted by atomic mass is 16.6. The van der Waals surface area contributed by atoms with Crippen LogP contribution in [0.25, 0.3) is 0 Å². The third-order valence-electron chi connectivity index (χ3n) is 1.76. The molecule has 0 aromatic heterocycles. The van der Waals surface area contributed by atoms with Crippen LogP contribution in [0.5, 0.6) is 0 Å². The maximum absolute atomic E-state index is 9.15. The van der Waals surface area contributed by atoms with Gasteiger partial charge in [0.1, 0.15) is 24.4 Å². The van der Waals surface area contributed by atoms with Gasteiger partial charge < -0.3 is 30.3 Å². The van der Waals surface area contributed by atoms with Crippen LogP contribution in [-0.2, 0) is 4.74 Å². The standard InChI is InChI=1S/C6H12O6/c7-1-2-3(8)4(9)5(10)6(11)12-2/h2-11H,1H2/t2-,3+,4+,5-,6+/m1/s1/i6D. The molecule has 1 heterocycles. The van der Waals surface area contributed by atoms with Crippen LogP contribution < -0.4 is 0 Å². The normalized spacial score (nSPS) is 56.6. The lowest BCUT2D eigenvalue weighted by Crippen LogP contribution is -2.58. The van der Waals surface area contributed by atoms with Gasteiger partial charge in [0.05, 0.1) is 7.98 Å². The zero-order valence-electron chi connectivity index (χ0n) is 7.16. The second-order valence-electron chi connectivity index (χ2n) is 2.60. The van der Waals surface area contributed by atoms with Gasteiger partial charge in [-0.1, -0.05) is 0 Å². The summed E-state index contributed by atoms with van der Waals surface area (Å²) in [5.41, 5.74) is 0. The molecule has 0 radical (unpaired) electrons. The second kappa shape index (κ2) is 3.65. The molecular weight excluding hydrogens is 168 g/mol. The molecule has 1 aliphatic rings. The molecule has 1 aliphatic heterocycles. The monoisotopic (exact) mass is 181 g/mol. The predicted octanol–water partition coefficient (Wildman–Crippen LogP) is -3.22. The van der Waals surface area contributed by atoms with Gasteiger partial charge in [0.25, 0.3) is 0 Å². The van der Waals surface area contributed by atoms with E-state index in [2.05, 4.69) is 4.74 Å². The fraction of sp³-hybridized carbons (Fsp3) is 1.00. The third kappa shape index (κ3) is 1.58. The van der Waals surface area contributed by atoms with Crippen molar-refractivity contribution < 1.29 is 31.6 Å². The molecule has 0 amide bonds. The summed E-state index contributed by atoms with van der Waals surface area (Å²) in [5.74, 6) is 0. The predicted molar refractivity (Wildman–Crippen MR) is 36.0 cm³/mol. The first-order chi connectivity index (χ1) is 5.90. The van der Waals surface area contributed by atoms with Crippen LogP contribution in [0.15, 0.2) is 0 Å². The van der Waals surface area contributed by atoms with Crippen molar-refractivity contribution in [2.24, 2.45) is 0 Å². The number of ether oxygens (including phenoxy) is 1. The lowest BCUT2D eigenvalue weighted by Gasteiger charge is -2.37. The van der Waals surface area contributed by atoms with Gasteiger partial charge in [-0.2, -0.15) is 0 Å². The molecule has 12 heavy (non-hydrogen) atoms. The molecule has 1 rings (SSSR count). The van der Waals surface area contributed by atoms with Gasteiger partial charge in [-0.05, 0) is 0 Å². The summed E-state index contributed by atoms with van der Waals surface area (Å²) in [5, 5.41) is 45.0. The van der Waals surface area contributed by atoms with E-state index in [1.807, 2.05) is 0 Å². The topological polar surface area (TPSA) is 110 Å². The minimum atomic E-state index is -2.70. The Morgan fingerprint density at radius 3 is 2.17 bits per heavy atom. The number of hydrogen-bond donors (Lipinski definition) is 5. The molecule has 5 N–H and O–H groups in total. The van der Waals surface area contributed by atoms with Gasteiger partial charge in [-0.25, -0.2) is 0 Å². The van der Waals surface area contributed by atoms with E-state index in [9.17, 15) is 0 Å². The van der Waals surface area contributed by atoms with Gasteiger partial charge in [0.2, 0.25) is 0 Å². The Balaban J connectivity index is 2.79. The van der Waals surface area contributed by atoms with Gasteiger partial charge >= 0.3 is 0 Å². The lowest BCUT2D eigenvalue weighted by atomic mass is 10.00. The van der Waals surface area contributed by atoms with E-state index in [-0.39, 0.29) is 0 Å². The molecule has 0 spiro atoms. The quantitative estimate of drug-likeness (QED) is 0.291. The van der Waals surface area contributed by atoms with Crippen LogP contribution in [-0.4, -0.2) is 62.8 Å². The summed E-state index contributed by atoms with van der Waals surface area (Å²) in [6.45, 7) is -0.661. The molecule has 0 aliphatic carbocycles. The highest BCUT2D eigenvalue weighted by Crippen LogP contribution is 2.18. The Kier molecular flexibility index (Phi) is 2.54. The fourth-order valence-electron chi connectivity index (χ4n) is 0.993. The van der Waals surface area contributed by atoms with Crippen LogP contribution in [0.4, 0.5) is 0 Å². The minimum absolute atomic E-state index is 0.661. The third-order valence-corrected chi connectivity index (χ3v) is 1.76. The number of hydrogen-bond acceptors (Lipinski definition) is 6. The Bertz CT molecular complexity index is 184. The molecular formula is C6H12O6. The minimum Gasteiger partial charge on any atom is -0.394 e. The van der Waals surface area contributed by atoms with Crippen molar-refractivity contribution in [3.8, 4) is 0 Å². The van der Waals surface area contributed by atoms with E-state index in [1.165, 1.54) is 0 Å². The summed E-state index contributed by atoms with van der Waals surface area (Å²) in [4.78, 5) is 0. The van der Waals surface area contributed by atoms with E-state index < -0.39 is 37.3 Å². The zero-order chi connectivity index (χ0) is 10.2. The van der Waals surface area contributed by atoms with Crippen molar-refractivity contribution in [1.82, 2.24) is 0 Å². The van der Waals surface area contributed by atoms with Gasteiger partial charge in [0, 0.05) is 0 Å². The van der Waals surface area contributed by atoms with Crippen molar-refractivity contribution >= 4 is 0 Å². The lowest BCUT2D eigenvalue weighted by molar-refractivity contribution is -0.286. The highest BCUT2D eigenvalue weighted by Gasteiger charge is 2.42. The Morgan fingerprint density at radius 2 is 1.67 bits per heavy atom. The summed E-state index contributed by atoms with van der Waals surface area (Å²) < 4.78 is 11.4. The molecule has 0 unspecified atom stereocenters. The van der Waals surface area contributed by atoms with Gasteiger partial charge in [-0.15, -0.1) is 0 Å². The maximum atomic E-state index is 9.15. The zero-order valence-corrected chi connectivity index (χ0v) is 6.16. The Hall–Kier alpha value is -0.240. The van der Waals surface area contributed by atoms with Crippen molar-refractivity contribution in [1.29, 1.82) is 0 Å². The number of aliphatic hydroxyl groups excluding tert-OH is 4. The summed E-state index contributed by atoms with van der Waals surface area (Å²) in [7, 11) is 0. The van der Waals surface area contributed by atoms with Gasteiger partial charge in [-0.3, -0.25) is 0 Å². The van der Waals surface area contributed by atoms with Crippen molar-refractivity contribution in [3.63, 3.8) is 0 Å².